The first-order valence-corrected chi connectivity index (χ1v) is 8.16. The molecule has 0 radical (unpaired) electrons. The van der Waals surface area contributed by atoms with Crippen LogP contribution < -0.4 is 5.32 Å². The lowest BCUT2D eigenvalue weighted by Gasteiger charge is -2.15. The SMILES string of the molecule is CCCC1(CNCc2ccc(-c3ccccc3)cc2)CC1. The first-order valence-electron chi connectivity index (χ1n) is 8.16. The minimum Gasteiger partial charge on any atom is -0.312 e. The Morgan fingerprint density at radius 2 is 1.57 bits per heavy atom. The zero-order valence-electron chi connectivity index (χ0n) is 12.9. The molecule has 0 unspecified atom stereocenters. The molecule has 1 heteroatoms. The van der Waals surface area contributed by atoms with Gasteiger partial charge in [-0.3, -0.25) is 0 Å². The molecule has 0 amide bonds. The summed E-state index contributed by atoms with van der Waals surface area (Å²) in [5, 5.41) is 3.65. The monoisotopic (exact) mass is 279 g/mol. The van der Waals surface area contributed by atoms with Crippen LogP contribution in [-0.4, -0.2) is 6.54 Å². The summed E-state index contributed by atoms with van der Waals surface area (Å²) in [6.45, 7) is 4.46. The Morgan fingerprint density at radius 1 is 0.905 bits per heavy atom. The molecule has 1 fully saturated rings. The number of rotatable bonds is 7. The summed E-state index contributed by atoms with van der Waals surface area (Å²) in [5.41, 5.74) is 4.60. The van der Waals surface area contributed by atoms with Crippen molar-refractivity contribution in [3.05, 3.63) is 60.2 Å². The Bertz CT molecular complexity index is 552. The van der Waals surface area contributed by atoms with E-state index < -0.39 is 0 Å². The van der Waals surface area contributed by atoms with E-state index in [0.717, 1.165) is 6.54 Å². The van der Waals surface area contributed by atoms with Crippen LogP contribution in [0, 0.1) is 5.41 Å². The summed E-state index contributed by atoms with van der Waals surface area (Å²) in [4.78, 5) is 0. The maximum Gasteiger partial charge on any atom is 0.0205 e. The van der Waals surface area contributed by atoms with E-state index in [9.17, 15) is 0 Å². The fourth-order valence-electron chi connectivity index (χ4n) is 3.14. The van der Waals surface area contributed by atoms with Gasteiger partial charge >= 0.3 is 0 Å². The van der Waals surface area contributed by atoms with Gasteiger partial charge in [-0.1, -0.05) is 67.9 Å². The summed E-state index contributed by atoms with van der Waals surface area (Å²) in [7, 11) is 0. The topological polar surface area (TPSA) is 12.0 Å². The lowest BCUT2D eigenvalue weighted by Crippen LogP contribution is -2.23. The first-order chi connectivity index (χ1) is 10.3. The number of hydrogen-bond acceptors (Lipinski definition) is 1. The van der Waals surface area contributed by atoms with Crippen molar-refractivity contribution in [3.8, 4) is 11.1 Å². The smallest absolute Gasteiger partial charge is 0.0205 e. The Labute approximate surface area is 128 Å². The van der Waals surface area contributed by atoms with Gasteiger partial charge in [-0.05, 0) is 41.4 Å². The molecule has 0 atom stereocenters. The number of nitrogens with one attached hydrogen (secondary N) is 1. The predicted octanol–water partition coefficient (Wildman–Crippen LogP) is 5.02. The van der Waals surface area contributed by atoms with E-state index in [2.05, 4.69) is 66.8 Å². The van der Waals surface area contributed by atoms with Crippen LogP contribution in [0.1, 0.15) is 38.2 Å². The van der Waals surface area contributed by atoms with Crippen LogP contribution in [0.15, 0.2) is 54.6 Å². The third-order valence-corrected chi connectivity index (χ3v) is 4.63. The average Bonchev–Trinajstić information content (AvgIpc) is 3.29. The molecular weight excluding hydrogens is 254 g/mol. The van der Waals surface area contributed by atoms with E-state index >= 15 is 0 Å². The maximum absolute atomic E-state index is 3.65. The van der Waals surface area contributed by atoms with Crippen molar-refractivity contribution in [1.29, 1.82) is 0 Å². The zero-order chi connectivity index (χ0) is 14.5. The second kappa shape index (κ2) is 6.44. The molecule has 110 valence electrons. The largest absolute Gasteiger partial charge is 0.312 e. The van der Waals surface area contributed by atoms with Gasteiger partial charge in [0.05, 0.1) is 0 Å². The molecule has 3 rings (SSSR count). The molecule has 0 aliphatic heterocycles. The van der Waals surface area contributed by atoms with Crippen molar-refractivity contribution >= 4 is 0 Å². The minimum absolute atomic E-state index is 0.638. The van der Waals surface area contributed by atoms with Crippen LogP contribution in [0.2, 0.25) is 0 Å². The third-order valence-electron chi connectivity index (χ3n) is 4.63. The van der Waals surface area contributed by atoms with Crippen LogP contribution in [-0.2, 0) is 6.54 Å². The summed E-state index contributed by atoms with van der Waals surface area (Å²) < 4.78 is 0. The highest BCUT2D eigenvalue weighted by Gasteiger charge is 2.40. The van der Waals surface area contributed by atoms with Gasteiger partial charge in [-0.15, -0.1) is 0 Å². The first kappa shape index (κ1) is 14.3. The Kier molecular flexibility index (Phi) is 4.40. The molecule has 2 aromatic rings. The molecule has 1 aliphatic carbocycles. The van der Waals surface area contributed by atoms with Crippen LogP contribution in [0.5, 0.6) is 0 Å². The molecule has 0 spiro atoms. The second-order valence-electron chi connectivity index (χ2n) is 6.42. The van der Waals surface area contributed by atoms with E-state index in [1.807, 2.05) is 0 Å². The molecule has 0 saturated heterocycles. The molecule has 1 N–H and O–H groups in total. The molecule has 0 bridgehead atoms. The summed E-state index contributed by atoms with van der Waals surface area (Å²) >= 11 is 0. The Hall–Kier alpha value is -1.60. The molecule has 0 heterocycles. The van der Waals surface area contributed by atoms with E-state index in [1.165, 1.54) is 48.9 Å². The molecule has 0 aromatic heterocycles. The van der Waals surface area contributed by atoms with Gasteiger partial charge in [0, 0.05) is 13.1 Å². The standard InChI is InChI=1S/C20H25N/c1-2-12-20(13-14-20)16-21-15-17-8-10-19(11-9-17)18-6-4-3-5-7-18/h3-11,21H,2,12-16H2,1H3. The minimum atomic E-state index is 0.638. The summed E-state index contributed by atoms with van der Waals surface area (Å²) in [5.74, 6) is 0. The summed E-state index contributed by atoms with van der Waals surface area (Å²) in [6, 6.07) is 19.5. The van der Waals surface area contributed by atoms with Crippen molar-refractivity contribution in [2.24, 2.45) is 5.41 Å². The van der Waals surface area contributed by atoms with Crippen molar-refractivity contribution in [2.45, 2.75) is 39.2 Å². The quantitative estimate of drug-likeness (QED) is 0.750. The van der Waals surface area contributed by atoms with Crippen LogP contribution in [0.3, 0.4) is 0 Å². The van der Waals surface area contributed by atoms with Gasteiger partial charge in [0.25, 0.3) is 0 Å². The fourth-order valence-corrected chi connectivity index (χ4v) is 3.14. The highest BCUT2D eigenvalue weighted by molar-refractivity contribution is 5.63. The predicted molar refractivity (Wildman–Crippen MR) is 90.2 cm³/mol. The summed E-state index contributed by atoms with van der Waals surface area (Å²) in [6.07, 6.45) is 5.53. The lowest BCUT2D eigenvalue weighted by molar-refractivity contribution is 0.421. The Balaban J connectivity index is 1.53. The average molecular weight is 279 g/mol. The van der Waals surface area contributed by atoms with Gasteiger partial charge in [-0.25, -0.2) is 0 Å². The Morgan fingerprint density at radius 3 is 2.19 bits per heavy atom. The normalized spacial score (nSPS) is 15.9. The molecular formula is C20H25N. The van der Waals surface area contributed by atoms with E-state index in [-0.39, 0.29) is 0 Å². The van der Waals surface area contributed by atoms with Crippen molar-refractivity contribution < 1.29 is 0 Å². The van der Waals surface area contributed by atoms with Gasteiger partial charge in [-0.2, -0.15) is 0 Å². The van der Waals surface area contributed by atoms with Crippen LogP contribution in [0.4, 0.5) is 0 Å². The van der Waals surface area contributed by atoms with Crippen molar-refractivity contribution in [2.75, 3.05) is 6.54 Å². The van der Waals surface area contributed by atoms with Gasteiger partial charge in [0.2, 0.25) is 0 Å². The van der Waals surface area contributed by atoms with Crippen molar-refractivity contribution in [1.82, 2.24) is 5.32 Å². The zero-order valence-corrected chi connectivity index (χ0v) is 12.9. The molecule has 1 aliphatic rings. The van der Waals surface area contributed by atoms with Crippen LogP contribution in [0.25, 0.3) is 11.1 Å². The van der Waals surface area contributed by atoms with E-state index in [4.69, 9.17) is 0 Å². The van der Waals surface area contributed by atoms with Gasteiger partial charge < -0.3 is 5.32 Å². The maximum atomic E-state index is 3.65. The number of hydrogen-bond donors (Lipinski definition) is 1. The second-order valence-corrected chi connectivity index (χ2v) is 6.42. The molecule has 1 nitrogen and oxygen atoms in total. The molecule has 1 saturated carbocycles. The third kappa shape index (κ3) is 3.74. The lowest BCUT2D eigenvalue weighted by atomic mass is 10.0. The highest BCUT2D eigenvalue weighted by atomic mass is 14.9. The van der Waals surface area contributed by atoms with Gasteiger partial charge in [0.15, 0.2) is 0 Å². The fraction of sp³-hybridized carbons (Fsp3) is 0.400. The van der Waals surface area contributed by atoms with E-state index in [0.29, 0.717) is 5.41 Å². The highest BCUT2D eigenvalue weighted by Crippen LogP contribution is 2.48. The van der Waals surface area contributed by atoms with Gasteiger partial charge in [0.1, 0.15) is 0 Å². The molecule has 2 aromatic carbocycles. The van der Waals surface area contributed by atoms with E-state index in [1.54, 1.807) is 0 Å². The molecule has 21 heavy (non-hydrogen) atoms. The number of benzene rings is 2. The van der Waals surface area contributed by atoms with Crippen LogP contribution >= 0.6 is 0 Å². The van der Waals surface area contributed by atoms with Crippen molar-refractivity contribution in [3.63, 3.8) is 0 Å².